The number of primary amides is 1. The summed E-state index contributed by atoms with van der Waals surface area (Å²) in [5, 5.41) is 11.9. The lowest BCUT2D eigenvalue weighted by Crippen LogP contribution is -2.15. The molecule has 0 fully saturated rings. The molecule has 30 heavy (non-hydrogen) atoms. The number of amides is 1. The van der Waals surface area contributed by atoms with E-state index in [4.69, 9.17) is 5.73 Å². The molecular formula is C24H21N5O. The van der Waals surface area contributed by atoms with Crippen LogP contribution in [0.15, 0.2) is 85.2 Å². The fourth-order valence-electron chi connectivity index (χ4n) is 3.32. The second-order valence-corrected chi connectivity index (χ2v) is 6.85. The van der Waals surface area contributed by atoms with Gasteiger partial charge in [-0.2, -0.15) is 0 Å². The van der Waals surface area contributed by atoms with Crippen molar-refractivity contribution >= 4 is 17.4 Å². The lowest BCUT2D eigenvalue weighted by atomic mass is 9.98. The largest absolute Gasteiger partial charge is 0.366 e. The van der Waals surface area contributed by atoms with Crippen LogP contribution in [-0.4, -0.2) is 21.1 Å². The van der Waals surface area contributed by atoms with Crippen molar-refractivity contribution in [2.75, 3.05) is 5.32 Å². The maximum atomic E-state index is 12.0. The van der Waals surface area contributed by atoms with Crippen LogP contribution >= 0.6 is 0 Å². The quantitative estimate of drug-likeness (QED) is 0.490. The molecule has 1 amide bonds. The Morgan fingerprint density at radius 1 is 0.833 bits per heavy atom. The molecule has 4 rings (SSSR count). The fourth-order valence-corrected chi connectivity index (χ4v) is 3.32. The summed E-state index contributed by atoms with van der Waals surface area (Å²) in [7, 11) is 0. The minimum absolute atomic E-state index is 0.450. The zero-order valence-electron chi connectivity index (χ0n) is 16.3. The summed E-state index contributed by atoms with van der Waals surface area (Å²) < 4.78 is 0. The lowest BCUT2D eigenvalue weighted by Gasteiger charge is -2.15. The average molecular weight is 395 g/mol. The number of hydrogen-bond donors (Lipinski definition) is 2. The number of pyridine rings is 1. The molecular weight excluding hydrogens is 374 g/mol. The molecule has 0 saturated carbocycles. The first kappa shape index (κ1) is 19.3. The minimum atomic E-state index is -0.450. The van der Waals surface area contributed by atoms with Gasteiger partial charge in [-0.1, -0.05) is 36.4 Å². The summed E-state index contributed by atoms with van der Waals surface area (Å²) in [5.41, 5.74) is 10.7. The predicted molar refractivity (Wildman–Crippen MR) is 117 cm³/mol. The van der Waals surface area contributed by atoms with E-state index in [1.807, 2.05) is 66.7 Å². The van der Waals surface area contributed by atoms with Crippen LogP contribution in [-0.2, 0) is 12.8 Å². The van der Waals surface area contributed by atoms with Gasteiger partial charge in [0.2, 0.25) is 5.91 Å². The maximum absolute atomic E-state index is 12.0. The van der Waals surface area contributed by atoms with Crippen LogP contribution in [0.25, 0.3) is 11.3 Å². The molecule has 6 nitrogen and oxygen atoms in total. The Morgan fingerprint density at radius 3 is 2.33 bits per heavy atom. The molecule has 0 spiro atoms. The number of carbonyl (C=O) groups is 1. The van der Waals surface area contributed by atoms with Gasteiger partial charge in [0.15, 0.2) is 5.82 Å². The molecule has 6 heteroatoms. The highest BCUT2D eigenvalue weighted by molar-refractivity contribution is 5.96. The second-order valence-electron chi connectivity index (χ2n) is 6.85. The highest BCUT2D eigenvalue weighted by Gasteiger charge is 2.13. The van der Waals surface area contributed by atoms with E-state index >= 15 is 0 Å². The van der Waals surface area contributed by atoms with Gasteiger partial charge in [-0.15, -0.1) is 10.2 Å². The number of nitrogens with zero attached hydrogens (tertiary/aromatic N) is 3. The smallest absolute Gasteiger partial charge is 0.249 e. The molecule has 2 heterocycles. The molecule has 0 unspecified atom stereocenters. The summed E-state index contributed by atoms with van der Waals surface area (Å²) >= 11 is 0. The van der Waals surface area contributed by atoms with Crippen LogP contribution in [0.2, 0.25) is 0 Å². The van der Waals surface area contributed by atoms with E-state index in [-0.39, 0.29) is 0 Å². The van der Waals surface area contributed by atoms with Crippen molar-refractivity contribution in [2.45, 2.75) is 12.8 Å². The van der Waals surface area contributed by atoms with E-state index in [9.17, 15) is 4.79 Å². The van der Waals surface area contributed by atoms with Gasteiger partial charge >= 0.3 is 0 Å². The third kappa shape index (κ3) is 4.50. The summed E-state index contributed by atoms with van der Waals surface area (Å²) in [6.45, 7) is 0. The molecule has 0 saturated heterocycles. The van der Waals surface area contributed by atoms with Gasteiger partial charge in [0.25, 0.3) is 0 Å². The Kier molecular flexibility index (Phi) is 5.75. The van der Waals surface area contributed by atoms with E-state index in [1.54, 1.807) is 18.5 Å². The van der Waals surface area contributed by atoms with Crippen molar-refractivity contribution in [3.05, 3.63) is 102 Å². The summed E-state index contributed by atoms with van der Waals surface area (Å²) in [6, 6.07) is 23.1. The van der Waals surface area contributed by atoms with Crippen LogP contribution in [0.5, 0.6) is 0 Å². The van der Waals surface area contributed by atoms with Crippen LogP contribution in [0, 0.1) is 0 Å². The fraction of sp³-hybridized carbons (Fsp3) is 0.0833. The maximum Gasteiger partial charge on any atom is 0.249 e. The molecule has 0 aliphatic rings. The number of aryl methyl sites for hydroxylation is 1. The molecule has 0 aliphatic carbocycles. The van der Waals surface area contributed by atoms with Gasteiger partial charge in [0, 0.05) is 29.2 Å². The molecule has 3 N–H and O–H groups in total. The standard InChI is InChI=1S/C24H21N5O/c25-24(30)20-7-4-8-22(19(20)10-9-17-13-15-26-16-14-17)27-23-12-11-21(28-29-23)18-5-2-1-3-6-18/h1-8,11-16H,9-10H2,(H2,25,30)(H,27,29). The zero-order valence-corrected chi connectivity index (χ0v) is 16.3. The number of nitrogens with one attached hydrogen (secondary N) is 1. The van der Waals surface area contributed by atoms with Gasteiger partial charge in [0.05, 0.1) is 5.69 Å². The molecule has 0 bridgehead atoms. The highest BCUT2D eigenvalue weighted by Crippen LogP contribution is 2.25. The summed E-state index contributed by atoms with van der Waals surface area (Å²) in [4.78, 5) is 16.0. The third-order valence-electron chi connectivity index (χ3n) is 4.85. The second kappa shape index (κ2) is 8.96. The van der Waals surface area contributed by atoms with Crippen LogP contribution < -0.4 is 11.1 Å². The molecule has 4 aromatic rings. The van der Waals surface area contributed by atoms with E-state index in [1.165, 1.54) is 0 Å². The Balaban J connectivity index is 1.59. The first-order valence-electron chi connectivity index (χ1n) is 9.67. The molecule has 2 aromatic heterocycles. The van der Waals surface area contributed by atoms with E-state index in [0.29, 0.717) is 17.8 Å². The van der Waals surface area contributed by atoms with Crippen LogP contribution in [0.4, 0.5) is 11.5 Å². The Morgan fingerprint density at radius 2 is 1.63 bits per heavy atom. The number of nitrogens with two attached hydrogens (primary N) is 1. The predicted octanol–water partition coefficient (Wildman–Crippen LogP) is 4.17. The van der Waals surface area contributed by atoms with E-state index in [2.05, 4.69) is 20.5 Å². The number of hydrogen-bond acceptors (Lipinski definition) is 5. The zero-order chi connectivity index (χ0) is 20.8. The van der Waals surface area contributed by atoms with Crippen molar-refractivity contribution in [3.63, 3.8) is 0 Å². The van der Waals surface area contributed by atoms with Gasteiger partial charge in [0.1, 0.15) is 0 Å². The van der Waals surface area contributed by atoms with Crippen LogP contribution in [0.3, 0.4) is 0 Å². The topological polar surface area (TPSA) is 93.8 Å². The average Bonchev–Trinajstić information content (AvgIpc) is 2.80. The molecule has 2 aromatic carbocycles. The number of rotatable bonds is 7. The van der Waals surface area contributed by atoms with Crippen molar-refractivity contribution in [1.29, 1.82) is 0 Å². The monoisotopic (exact) mass is 395 g/mol. The van der Waals surface area contributed by atoms with Crippen LogP contribution in [0.1, 0.15) is 21.5 Å². The van der Waals surface area contributed by atoms with Gasteiger partial charge < -0.3 is 11.1 Å². The Labute approximate surface area is 174 Å². The number of aromatic nitrogens is 3. The summed E-state index contributed by atoms with van der Waals surface area (Å²) in [5.74, 6) is 0.148. The van der Waals surface area contributed by atoms with Crippen molar-refractivity contribution in [3.8, 4) is 11.3 Å². The number of anilines is 2. The van der Waals surface area contributed by atoms with Crippen molar-refractivity contribution < 1.29 is 4.79 Å². The number of benzene rings is 2. The molecule has 0 atom stereocenters. The highest BCUT2D eigenvalue weighted by atomic mass is 16.1. The lowest BCUT2D eigenvalue weighted by molar-refractivity contribution is 0.0999. The number of carbonyl (C=O) groups excluding carboxylic acids is 1. The van der Waals surface area contributed by atoms with Crippen molar-refractivity contribution in [1.82, 2.24) is 15.2 Å². The molecule has 148 valence electrons. The summed E-state index contributed by atoms with van der Waals surface area (Å²) in [6.07, 6.45) is 4.94. The SMILES string of the molecule is NC(=O)c1cccc(Nc2ccc(-c3ccccc3)nn2)c1CCc1ccncc1. The van der Waals surface area contributed by atoms with Gasteiger partial charge in [-0.25, -0.2) is 0 Å². The van der Waals surface area contributed by atoms with Gasteiger partial charge in [-0.3, -0.25) is 9.78 Å². The molecule has 0 radical (unpaired) electrons. The minimum Gasteiger partial charge on any atom is -0.366 e. The first-order chi connectivity index (χ1) is 14.7. The first-order valence-corrected chi connectivity index (χ1v) is 9.67. The Hall–Kier alpha value is -4.06. The van der Waals surface area contributed by atoms with E-state index in [0.717, 1.165) is 34.5 Å². The van der Waals surface area contributed by atoms with E-state index < -0.39 is 5.91 Å². The Bertz CT molecular complexity index is 1130. The third-order valence-corrected chi connectivity index (χ3v) is 4.85. The molecule has 0 aliphatic heterocycles. The normalized spacial score (nSPS) is 10.5. The van der Waals surface area contributed by atoms with Crippen molar-refractivity contribution in [2.24, 2.45) is 5.73 Å². The van der Waals surface area contributed by atoms with Gasteiger partial charge in [-0.05, 0) is 60.4 Å².